The zero-order chi connectivity index (χ0) is 80.0. The number of aliphatic hydroxyl groups is 1. The largest absolute Gasteiger partial charge is 0.481 e. The van der Waals surface area contributed by atoms with Crippen LogP contribution in [-0.2, 0) is 73.5 Å². The van der Waals surface area contributed by atoms with Gasteiger partial charge < -0.3 is 111 Å². The highest BCUT2D eigenvalue weighted by Crippen LogP contribution is 2.44. The Morgan fingerprint density at radius 1 is 0.606 bits per heavy atom. The predicted octanol–water partition coefficient (Wildman–Crippen LogP) is -3.57. The number of carbonyl (C=O) groups excluding carboxylic acids is 13. The van der Waals surface area contributed by atoms with Crippen LogP contribution >= 0.6 is 25.3 Å². The zero-order valence-electron chi connectivity index (χ0n) is 60.2. The summed E-state index contributed by atoms with van der Waals surface area (Å²) in [4.78, 5) is 195. The van der Waals surface area contributed by atoms with Crippen molar-refractivity contribution in [2.24, 2.45) is 17.2 Å². The Labute approximate surface area is 638 Å². The summed E-state index contributed by atoms with van der Waals surface area (Å²) in [5.41, 5.74) is 21.4. The third-order valence-electron chi connectivity index (χ3n) is 17.7. The van der Waals surface area contributed by atoms with Crippen LogP contribution in [0.25, 0.3) is 22.0 Å². The smallest absolute Gasteiger partial charge is 0.407 e. The number of hydrogen-bond acceptors (Lipinski definition) is 20. The average Bonchev–Trinajstić information content (AvgIpc) is 1.62. The number of primary amides is 1. The molecule has 0 saturated carbocycles. The molecule has 1 fully saturated rings. The summed E-state index contributed by atoms with van der Waals surface area (Å²) in [5, 5.41) is 68.5. The Bertz CT molecular complexity index is 3930. The van der Waals surface area contributed by atoms with Gasteiger partial charge in [0.05, 0.1) is 13.0 Å². The molecule has 1 unspecified atom stereocenters. The van der Waals surface area contributed by atoms with E-state index in [9.17, 15) is 77.3 Å². The van der Waals surface area contributed by atoms with E-state index in [-0.39, 0.29) is 95.2 Å². The van der Waals surface area contributed by atoms with E-state index in [1.165, 1.54) is 19.9 Å². The van der Waals surface area contributed by atoms with Gasteiger partial charge in [0.25, 0.3) is 0 Å². The molecule has 2 aliphatic rings. The number of amides is 13. The van der Waals surface area contributed by atoms with Gasteiger partial charge in [-0.05, 0) is 105 Å². The number of H-pyrrole nitrogens is 1. The van der Waals surface area contributed by atoms with Crippen molar-refractivity contribution >= 4 is 131 Å². The van der Waals surface area contributed by atoms with Gasteiger partial charge in [-0.15, -0.1) is 0 Å². The monoisotopic (exact) mass is 1550 g/mol. The summed E-state index contributed by atoms with van der Waals surface area (Å²) in [5.74, 6) is -14.8. The number of allylic oxidation sites excluding steroid dienone is 1. The van der Waals surface area contributed by atoms with Gasteiger partial charge in [0.2, 0.25) is 70.9 Å². The summed E-state index contributed by atoms with van der Waals surface area (Å²) >= 11 is 8.47. The molecule has 0 bridgehead atoms. The minimum atomic E-state index is -1.94. The molecule has 1 saturated heterocycles. The number of guanidine groups is 2. The highest BCUT2D eigenvalue weighted by Gasteiger charge is 2.42. The molecule has 109 heavy (non-hydrogen) atoms. The van der Waals surface area contributed by atoms with E-state index in [1.807, 2.05) is 54.6 Å². The SMILES string of the molecule is CC=CC[C@H](NC(=O)[C@H](CS)NC(=O)CNC(=O)OCC1c2ccccc2-c2ccccc21)C(=O)N[C@@H](CO)C(=O)N[C@@H](CC(=O)O)C(=O)N1CCCC1C(=O)N[C@@H](CCCNC(=N)N)C(=O)N[C@@H](CS)C(=O)N[C@@H](C)C(=O)N[C@@H](Cc1cc2ccccc2[nH]1)C(=O)N[C@@H](CCCNC(=N)N)C(=O)N[C@@H](C)C(N)=O. The molecule has 2 heterocycles. The van der Waals surface area contributed by atoms with Crippen LogP contribution < -0.4 is 86.3 Å². The predicted molar refractivity (Wildman–Crippen MR) is 404 cm³/mol. The molecule has 0 spiro atoms. The Hall–Kier alpha value is -11.5. The van der Waals surface area contributed by atoms with Crippen molar-refractivity contribution in [3.05, 3.63) is 108 Å². The van der Waals surface area contributed by atoms with E-state index in [1.54, 1.807) is 37.3 Å². The maximum absolute atomic E-state index is 14.4. The standard InChI is InChI=1S/C70H96N20O17S2/c1-4-5-20-46(84-65(103)52(34-108)82-55(92)31-78-70(106)107-33-44-42-18-9-7-16-40(42)41-17-8-10-19-43(41)44)60(98)88-51(32-91)63(101)87-50(30-56(93)94)67(105)90-27-14-24-54(90)66(104)85-48(23-13-26-77-69(74)75)61(99)89-53(35-109)64(102)80-37(3)58(96)86-49(29-39-28-38-15-6-11-21-45(38)81-39)62(100)83-47(22-12-25-76-68(72)73)59(97)79-36(2)57(71)95/h4-11,15-19,21,28,36-37,44,46-54,81,91,108-109H,12-14,20,22-27,29-35H2,1-3H3,(H2,71,95)(H,78,106)(H,79,97)(H,80,102)(H,82,92)(H,83,100)(H,84,103)(H,85,104)(H,86,96)(H,87,101)(H,88,98)(H,89,99)(H,93,94)(H4,72,73,76)(H4,74,75,77)/t36-,37-,46-,47-,48-,49-,50-,51-,52-,53-,54?/m0/s1. The number of fused-ring (bicyclic) bond motifs is 4. The lowest BCUT2D eigenvalue weighted by atomic mass is 9.98. The van der Waals surface area contributed by atoms with Crippen molar-refractivity contribution in [2.45, 2.75) is 151 Å². The molecular formula is C70H96N20O17S2. The van der Waals surface area contributed by atoms with E-state index in [2.05, 4.69) is 99.4 Å². The van der Waals surface area contributed by atoms with E-state index in [0.717, 1.165) is 32.5 Å². The first kappa shape index (κ1) is 86.4. The summed E-state index contributed by atoms with van der Waals surface area (Å²) < 4.78 is 5.50. The Morgan fingerprint density at radius 3 is 1.69 bits per heavy atom. The van der Waals surface area contributed by atoms with Crippen LogP contribution in [0.5, 0.6) is 0 Å². The van der Waals surface area contributed by atoms with Crippen LogP contribution in [-0.4, -0.2) is 232 Å². The summed E-state index contributed by atoms with van der Waals surface area (Å²) in [7, 11) is 0. The van der Waals surface area contributed by atoms with Gasteiger partial charge in [0, 0.05) is 54.7 Å². The lowest BCUT2D eigenvalue weighted by Gasteiger charge is -2.30. The summed E-state index contributed by atoms with van der Waals surface area (Å²) in [6.07, 6.45) is 0.788. The van der Waals surface area contributed by atoms with Crippen LogP contribution in [0.15, 0.2) is 91.0 Å². The summed E-state index contributed by atoms with van der Waals surface area (Å²) in [6, 6.07) is 7.86. The first-order chi connectivity index (χ1) is 52.0. The number of aromatic amines is 1. The van der Waals surface area contributed by atoms with E-state index in [4.69, 9.17) is 32.8 Å². The number of alkyl carbamates (subject to hydrolysis) is 1. The fourth-order valence-corrected chi connectivity index (χ4v) is 12.5. The van der Waals surface area contributed by atoms with Crippen molar-refractivity contribution < 1.29 is 82.1 Å². The maximum Gasteiger partial charge on any atom is 0.407 e. The van der Waals surface area contributed by atoms with E-state index < -0.39 is 181 Å². The number of aliphatic carboxylic acids is 1. The van der Waals surface area contributed by atoms with Crippen LogP contribution in [0.3, 0.4) is 0 Å². The van der Waals surface area contributed by atoms with Crippen molar-refractivity contribution in [3.8, 4) is 11.1 Å². The van der Waals surface area contributed by atoms with Gasteiger partial charge in [0.1, 0.15) is 79.6 Å². The molecule has 11 atom stereocenters. The molecule has 37 nitrogen and oxygen atoms in total. The van der Waals surface area contributed by atoms with Crippen molar-refractivity contribution in [2.75, 3.05) is 50.9 Å². The summed E-state index contributed by atoms with van der Waals surface area (Å²) in [6.45, 7) is 2.41. The topological polar surface area (TPSA) is 590 Å². The number of nitrogens with two attached hydrogens (primary N) is 3. The molecule has 590 valence electrons. The fourth-order valence-electron chi connectivity index (χ4n) is 12.0. The fraction of sp³-hybridized carbons (Fsp3) is 0.457. The molecule has 6 rings (SSSR count). The third kappa shape index (κ3) is 26.2. The molecule has 3 aromatic carbocycles. The molecular weight excluding hydrogens is 1460 g/mol. The number of thiol groups is 2. The average molecular weight is 1550 g/mol. The van der Waals surface area contributed by atoms with E-state index >= 15 is 0 Å². The lowest BCUT2D eigenvalue weighted by Crippen LogP contribution is -2.61. The minimum Gasteiger partial charge on any atom is -0.481 e. The quantitative estimate of drug-likeness (QED) is 0.00671. The molecule has 24 N–H and O–H groups in total. The Morgan fingerprint density at radius 2 is 1.10 bits per heavy atom. The second kappa shape index (κ2) is 42.8. The Kier molecular flexibility index (Phi) is 33.9. The first-order valence-corrected chi connectivity index (χ1v) is 36.3. The number of aliphatic hydroxyl groups excluding tert-OH is 1. The van der Waals surface area contributed by atoms with Crippen LogP contribution in [0.2, 0.25) is 0 Å². The van der Waals surface area contributed by atoms with Gasteiger partial charge in [-0.3, -0.25) is 73.1 Å². The number of likely N-dealkylation sites (tertiary alicyclic amines) is 1. The van der Waals surface area contributed by atoms with Gasteiger partial charge >= 0.3 is 12.1 Å². The molecule has 0 radical (unpaired) electrons. The van der Waals surface area contributed by atoms with Crippen LogP contribution in [0.1, 0.15) is 94.9 Å². The third-order valence-corrected chi connectivity index (χ3v) is 18.4. The zero-order valence-corrected chi connectivity index (χ0v) is 62.0. The van der Waals surface area contributed by atoms with E-state index in [0.29, 0.717) is 11.2 Å². The molecule has 13 amide bonds. The number of para-hydroxylation sites is 1. The number of ether oxygens (including phenoxy) is 1. The normalized spacial score (nSPS) is 15.7. The van der Waals surface area contributed by atoms with Gasteiger partial charge in [-0.2, -0.15) is 25.3 Å². The molecule has 4 aromatic rings. The number of benzene rings is 3. The molecule has 39 heteroatoms. The first-order valence-electron chi connectivity index (χ1n) is 35.1. The van der Waals surface area contributed by atoms with Crippen LogP contribution in [0, 0.1) is 10.8 Å². The van der Waals surface area contributed by atoms with Gasteiger partial charge in [0.15, 0.2) is 11.9 Å². The number of nitrogens with one attached hydrogen (secondary N) is 16. The Balaban J connectivity index is 1.07. The molecule has 1 aliphatic carbocycles. The lowest BCUT2D eigenvalue weighted by molar-refractivity contribution is -0.146. The highest BCUT2D eigenvalue weighted by atomic mass is 32.1. The molecule has 1 aromatic heterocycles. The number of carboxylic acids is 1. The minimum absolute atomic E-state index is 0.00805. The van der Waals surface area contributed by atoms with Gasteiger partial charge in [-0.1, -0.05) is 78.9 Å². The van der Waals surface area contributed by atoms with Crippen molar-refractivity contribution in [1.29, 1.82) is 10.8 Å². The number of rotatable bonds is 42. The number of carbonyl (C=O) groups is 14. The highest BCUT2D eigenvalue weighted by molar-refractivity contribution is 7.80. The number of aromatic nitrogens is 1. The number of hydrogen-bond donors (Lipinski definition) is 23. The second-order valence-electron chi connectivity index (χ2n) is 25.8. The second-order valence-corrected chi connectivity index (χ2v) is 26.5. The van der Waals surface area contributed by atoms with Gasteiger partial charge in [-0.25, -0.2) is 4.79 Å². The number of nitrogens with zero attached hydrogens (tertiary/aromatic N) is 1. The van der Waals surface area contributed by atoms with Crippen molar-refractivity contribution in [1.82, 2.24) is 79.0 Å². The van der Waals surface area contributed by atoms with Crippen molar-refractivity contribution in [3.63, 3.8) is 0 Å². The van der Waals surface area contributed by atoms with Crippen LogP contribution in [0.4, 0.5) is 4.79 Å². The number of carboxylic acid groups (broad SMARTS) is 1. The molecule has 1 aliphatic heterocycles. The maximum atomic E-state index is 14.4.